The fraction of sp³-hybridized carbons (Fsp3) is 0.519. The predicted molar refractivity (Wildman–Crippen MR) is 139 cm³/mol. The second-order valence-electron chi connectivity index (χ2n) is 10.0. The van der Waals surface area contributed by atoms with Crippen LogP contribution in [0.15, 0.2) is 53.2 Å². The minimum Gasteiger partial charge on any atom is -0.383 e. The van der Waals surface area contributed by atoms with Crippen molar-refractivity contribution < 1.29 is 9.18 Å². The van der Waals surface area contributed by atoms with E-state index in [0.29, 0.717) is 43.2 Å². The summed E-state index contributed by atoms with van der Waals surface area (Å²) in [5.41, 5.74) is 8.16. The quantitative estimate of drug-likeness (QED) is 0.289. The molecule has 0 aliphatic heterocycles. The zero-order chi connectivity index (χ0) is 25.1. The first-order valence-electron chi connectivity index (χ1n) is 12.1. The zero-order valence-corrected chi connectivity index (χ0v) is 21.0. The second kappa shape index (κ2) is 13.2. The summed E-state index contributed by atoms with van der Waals surface area (Å²) < 4.78 is 13.2. The highest BCUT2D eigenvalue weighted by Crippen LogP contribution is 2.36. The molecule has 0 aromatic heterocycles. The number of hydrogen-bond donors (Lipinski definition) is 3. The Bertz CT molecular complexity index is 908. The number of likely N-dealkylation sites (N-methyl/N-ethyl adjacent to an activating group) is 1. The minimum atomic E-state index is -0.324. The number of benzene rings is 1. The van der Waals surface area contributed by atoms with Crippen LogP contribution in [-0.2, 0) is 4.79 Å². The lowest BCUT2D eigenvalue weighted by Crippen LogP contribution is -2.37. The molecule has 186 valence electrons. The van der Waals surface area contributed by atoms with Crippen LogP contribution in [-0.4, -0.2) is 49.0 Å². The summed E-state index contributed by atoms with van der Waals surface area (Å²) in [6, 6.07) is 5.88. The van der Waals surface area contributed by atoms with Gasteiger partial charge >= 0.3 is 0 Å². The molecule has 0 saturated heterocycles. The molecule has 0 heterocycles. The summed E-state index contributed by atoms with van der Waals surface area (Å²) in [4.78, 5) is 18.9. The number of carbonyl (C=O) groups is 1. The second-order valence-corrected chi connectivity index (χ2v) is 10.0. The molecular weight excluding hydrogens is 429 g/mol. The first kappa shape index (κ1) is 27.4. The highest BCUT2D eigenvalue weighted by Gasteiger charge is 2.28. The molecule has 34 heavy (non-hydrogen) atoms. The fourth-order valence-corrected chi connectivity index (χ4v) is 3.42. The Morgan fingerprint density at radius 2 is 1.94 bits per heavy atom. The number of amidine groups is 1. The molecule has 1 saturated carbocycles. The SMILES string of the molecule is CNCCN(CC/C=C/N=C(N)/C(=C\C(=N)c1ccc(F)cc1)C1CC1)C(=O)CCC(C)(C)C. The summed E-state index contributed by atoms with van der Waals surface area (Å²) in [6.07, 6.45) is 9.51. The average molecular weight is 470 g/mol. The van der Waals surface area contributed by atoms with Crippen molar-refractivity contribution in [1.82, 2.24) is 10.2 Å². The van der Waals surface area contributed by atoms with Crippen LogP contribution >= 0.6 is 0 Å². The first-order chi connectivity index (χ1) is 16.1. The van der Waals surface area contributed by atoms with E-state index in [1.807, 2.05) is 18.0 Å². The molecule has 1 aromatic carbocycles. The molecular formula is C27H40FN5O. The van der Waals surface area contributed by atoms with Crippen molar-refractivity contribution in [2.75, 3.05) is 26.7 Å². The molecule has 0 bridgehead atoms. The van der Waals surface area contributed by atoms with Gasteiger partial charge in [-0.1, -0.05) is 26.8 Å². The fourth-order valence-electron chi connectivity index (χ4n) is 3.42. The molecule has 4 N–H and O–H groups in total. The summed E-state index contributed by atoms with van der Waals surface area (Å²) in [5.74, 6) is 0.573. The van der Waals surface area contributed by atoms with Crippen molar-refractivity contribution in [2.24, 2.45) is 22.1 Å². The van der Waals surface area contributed by atoms with Gasteiger partial charge in [0, 0.05) is 32.3 Å². The predicted octanol–water partition coefficient (Wildman–Crippen LogP) is 4.67. The molecule has 0 atom stereocenters. The molecule has 1 aromatic rings. The van der Waals surface area contributed by atoms with Crippen LogP contribution in [0.2, 0.25) is 0 Å². The standard InChI is InChI=1S/C27H40FN5O/c1-27(2,3)14-13-25(34)33(18-16-31-4)17-6-5-15-32-26(30)23(20-7-8-20)19-24(29)21-9-11-22(28)12-10-21/h5,9-12,15,19-20,29,31H,6-8,13-14,16-18H2,1-4H3,(H2,30,32)/b15-5+,23-19-,29-24?. The lowest BCUT2D eigenvalue weighted by molar-refractivity contribution is -0.131. The summed E-state index contributed by atoms with van der Waals surface area (Å²) in [6.45, 7) is 8.51. The van der Waals surface area contributed by atoms with E-state index < -0.39 is 0 Å². The Morgan fingerprint density at radius 1 is 1.26 bits per heavy atom. The van der Waals surface area contributed by atoms with Gasteiger partial charge < -0.3 is 21.4 Å². The molecule has 0 spiro atoms. The number of allylic oxidation sites excluding steroid dienone is 1. The van der Waals surface area contributed by atoms with Gasteiger partial charge in [-0.2, -0.15) is 0 Å². The molecule has 1 amide bonds. The van der Waals surface area contributed by atoms with Crippen LogP contribution in [0.3, 0.4) is 0 Å². The highest BCUT2D eigenvalue weighted by molar-refractivity contribution is 6.12. The highest BCUT2D eigenvalue weighted by atomic mass is 19.1. The summed E-state index contributed by atoms with van der Waals surface area (Å²) >= 11 is 0. The minimum absolute atomic E-state index is 0.135. The number of hydrogen-bond acceptors (Lipinski definition) is 4. The Kier molecular flexibility index (Phi) is 10.6. The Hall–Kier alpha value is -2.80. The average Bonchev–Trinajstić information content (AvgIpc) is 3.62. The first-order valence-corrected chi connectivity index (χ1v) is 12.1. The molecule has 0 unspecified atom stereocenters. The topological polar surface area (TPSA) is 94.6 Å². The van der Waals surface area contributed by atoms with Crippen molar-refractivity contribution in [3.63, 3.8) is 0 Å². The number of carbonyl (C=O) groups excluding carboxylic acids is 1. The largest absolute Gasteiger partial charge is 0.383 e. The number of halogens is 1. The van der Waals surface area contributed by atoms with E-state index in [2.05, 4.69) is 31.1 Å². The monoisotopic (exact) mass is 469 g/mol. The molecule has 2 rings (SSSR count). The van der Waals surface area contributed by atoms with Gasteiger partial charge in [0.15, 0.2) is 0 Å². The normalized spacial score (nSPS) is 15.1. The lowest BCUT2D eigenvalue weighted by Gasteiger charge is -2.24. The van der Waals surface area contributed by atoms with E-state index in [4.69, 9.17) is 11.1 Å². The van der Waals surface area contributed by atoms with Crippen LogP contribution in [0.5, 0.6) is 0 Å². The number of nitrogens with one attached hydrogen (secondary N) is 2. The molecule has 1 fully saturated rings. The van der Waals surface area contributed by atoms with E-state index >= 15 is 0 Å². The molecule has 7 heteroatoms. The van der Waals surface area contributed by atoms with Gasteiger partial charge in [-0.15, -0.1) is 0 Å². The van der Waals surface area contributed by atoms with Gasteiger partial charge in [-0.3, -0.25) is 4.79 Å². The van der Waals surface area contributed by atoms with E-state index in [-0.39, 0.29) is 22.9 Å². The Labute approximate surface area is 203 Å². The van der Waals surface area contributed by atoms with Crippen molar-refractivity contribution in [2.45, 2.75) is 52.9 Å². The van der Waals surface area contributed by atoms with Crippen molar-refractivity contribution in [3.8, 4) is 0 Å². The third-order valence-electron chi connectivity index (χ3n) is 5.73. The summed E-state index contributed by atoms with van der Waals surface area (Å²) in [5, 5.41) is 11.4. The maximum absolute atomic E-state index is 13.2. The number of amides is 1. The molecule has 1 aliphatic rings. The van der Waals surface area contributed by atoms with Crippen LogP contribution in [0.4, 0.5) is 4.39 Å². The lowest BCUT2D eigenvalue weighted by atomic mass is 9.90. The Balaban J connectivity index is 1.96. The van der Waals surface area contributed by atoms with E-state index in [9.17, 15) is 9.18 Å². The van der Waals surface area contributed by atoms with E-state index in [0.717, 1.165) is 31.4 Å². The third kappa shape index (κ3) is 10.00. The van der Waals surface area contributed by atoms with Gasteiger partial charge in [0.1, 0.15) is 11.7 Å². The number of nitrogens with two attached hydrogens (primary N) is 1. The van der Waals surface area contributed by atoms with E-state index in [1.165, 1.54) is 12.1 Å². The van der Waals surface area contributed by atoms with Gasteiger partial charge in [0.25, 0.3) is 0 Å². The van der Waals surface area contributed by atoms with Crippen molar-refractivity contribution in [1.29, 1.82) is 5.41 Å². The van der Waals surface area contributed by atoms with E-state index in [1.54, 1.807) is 24.4 Å². The maximum atomic E-state index is 13.2. The summed E-state index contributed by atoms with van der Waals surface area (Å²) in [7, 11) is 1.88. The molecule has 6 nitrogen and oxygen atoms in total. The van der Waals surface area contributed by atoms with Crippen LogP contribution in [0.25, 0.3) is 0 Å². The van der Waals surface area contributed by atoms with Crippen LogP contribution in [0, 0.1) is 22.6 Å². The van der Waals surface area contributed by atoms with Crippen molar-refractivity contribution in [3.05, 3.63) is 59.6 Å². The van der Waals surface area contributed by atoms with Gasteiger partial charge in [-0.05, 0) is 85.5 Å². The van der Waals surface area contributed by atoms with Gasteiger partial charge in [0.05, 0.1) is 5.71 Å². The molecule has 1 aliphatic carbocycles. The Morgan fingerprint density at radius 3 is 2.53 bits per heavy atom. The van der Waals surface area contributed by atoms with Gasteiger partial charge in [-0.25, -0.2) is 9.38 Å². The third-order valence-corrected chi connectivity index (χ3v) is 5.73. The maximum Gasteiger partial charge on any atom is 0.222 e. The zero-order valence-electron chi connectivity index (χ0n) is 21.0. The van der Waals surface area contributed by atoms with Crippen LogP contribution < -0.4 is 11.1 Å². The molecule has 0 radical (unpaired) electrons. The number of rotatable bonds is 13. The smallest absolute Gasteiger partial charge is 0.222 e. The van der Waals surface area contributed by atoms with Crippen LogP contribution in [0.1, 0.15) is 58.4 Å². The van der Waals surface area contributed by atoms with Gasteiger partial charge in [0.2, 0.25) is 5.91 Å². The number of aliphatic imine (C=N–C) groups is 1. The number of nitrogens with zero attached hydrogens (tertiary/aromatic N) is 2. The van der Waals surface area contributed by atoms with Crippen molar-refractivity contribution >= 4 is 17.5 Å².